The molecule has 3 N–H and O–H groups in total. The normalized spacial score (nSPS) is 12.7. The predicted octanol–water partition coefficient (Wildman–Crippen LogP) is 19.8. The first-order chi connectivity index (χ1) is 34.5. The van der Waals surface area contributed by atoms with Crippen LogP contribution in [0, 0.1) is 0 Å². The van der Waals surface area contributed by atoms with Crippen molar-refractivity contribution < 1.29 is 24.5 Å². The van der Waals surface area contributed by atoms with E-state index in [1.807, 2.05) is 0 Å². The molecule has 0 aliphatic heterocycles. The Hall–Kier alpha value is -1.66. The minimum Gasteiger partial charge on any atom is -0.466 e. The second-order valence-corrected chi connectivity index (χ2v) is 21.7. The highest BCUT2D eigenvalue weighted by molar-refractivity contribution is 5.76. The Morgan fingerprint density at radius 2 is 0.671 bits per heavy atom. The van der Waals surface area contributed by atoms with Crippen molar-refractivity contribution in [3.8, 4) is 0 Å². The summed E-state index contributed by atoms with van der Waals surface area (Å²) in [6.45, 7) is 4.94. The molecule has 0 aliphatic carbocycles. The monoisotopic (exact) mass is 986 g/mol. The summed E-state index contributed by atoms with van der Waals surface area (Å²) in [5, 5.41) is 23.3. The van der Waals surface area contributed by atoms with Crippen molar-refractivity contribution in [1.82, 2.24) is 5.32 Å². The summed E-state index contributed by atoms with van der Waals surface area (Å²) in [6.07, 6.45) is 73.4. The van der Waals surface area contributed by atoms with Gasteiger partial charge in [-0.2, -0.15) is 0 Å². The molecule has 0 saturated carbocycles. The van der Waals surface area contributed by atoms with Gasteiger partial charge in [-0.05, 0) is 77.0 Å². The topological polar surface area (TPSA) is 95.9 Å². The summed E-state index contributed by atoms with van der Waals surface area (Å²) >= 11 is 0. The number of carbonyl (C=O) groups is 2. The van der Waals surface area contributed by atoms with Crippen LogP contribution in [0.3, 0.4) is 0 Å². The number of rotatable bonds is 59. The Labute approximate surface area is 437 Å². The van der Waals surface area contributed by atoms with Gasteiger partial charge >= 0.3 is 5.97 Å². The molecular formula is C64H123NO5. The molecule has 0 radical (unpaired) electrons. The van der Waals surface area contributed by atoms with E-state index in [0.29, 0.717) is 25.9 Å². The van der Waals surface area contributed by atoms with Crippen LogP contribution >= 0.6 is 0 Å². The number of hydrogen-bond acceptors (Lipinski definition) is 5. The molecule has 2 unspecified atom stereocenters. The number of ether oxygens (including phenoxy) is 1. The van der Waals surface area contributed by atoms with Crippen LogP contribution in [-0.2, 0) is 14.3 Å². The van der Waals surface area contributed by atoms with Gasteiger partial charge in [0.1, 0.15) is 0 Å². The maximum atomic E-state index is 12.5. The first kappa shape index (κ1) is 68.3. The standard InChI is InChI=1S/C64H123NO5/c1-3-5-7-9-11-13-15-17-33-36-40-44-48-52-56-62(67)61(60-66)65-63(68)57-53-49-45-41-37-34-31-29-27-25-23-21-19-18-20-22-24-26-28-30-32-35-39-43-47-51-55-59-70-64(69)58-54-50-46-42-38-16-14-12-10-8-6-4-2/h12,14,18-19,61-62,66-67H,3-11,13,15-17,20-60H2,1-2H3,(H,65,68)/b14-12-,19-18-. The molecule has 0 fully saturated rings. The van der Waals surface area contributed by atoms with Crippen molar-refractivity contribution >= 4 is 11.9 Å². The van der Waals surface area contributed by atoms with E-state index in [0.717, 1.165) is 44.9 Å². The molecule has 0 aromatic rings. The molecule has 0 spiro atoms. The van der Waals surface area contributed by atoms with Gasteiger partial charge in [-0.25, -0.2) is 0 Å². The Morgan fingerprint density at radius 3 is 1.04 bits per heavy atom. The van der Waals surface area contributed by atoms with Crippen molar-refractivity contribution in [3.05, 3.63) is 24.3 Å². The maximum Gasteiger partial charge on any atom is 0.305 e. The van der Waals surface area contributed by atoms with Crippen LogP contribution in [0.1, 0.15) is 348 Å². The molecule has 2 atom stereocenters. The first-order valence-electron chi connectivity index (χ1n) is 31.6. The molecule has 0 heterocycles. The van der Waals surface area contributed by atoms with Crippen LogP contribution in [0.2, 0.25) is 0 Å². The zero-order valence-electron chi connectivity index (χ0n) is 47.3. The highest BCUT2D eigenvalue weighted by atomic mass is 16.5. The number of esters is 1. The first-order valence-corrected chi connectivity index (χ1v) is 31.6. The maximum absolute atomic E-state index is 12.5. The van der Waals surface area contributed by atoms with E-state index in [-0.39, 0.29) is 18.5 Å². The van der Waals surface area contributed by atoms with Crippen LogP contribution < -0.4 is 5.32 Å². The summed E-state index contributed by atoms with van der Waals surface area (Å²) in [5.74, 6) is -0.0289. The summed E-state index contributed by atoms with van der Waals surface area (Å²) in [4.78, 5) is 24.5. The van der Waals surface area contributed by atoms with E-state index in [9.17, 15) is 19.8 Å². The molecular weight excluding hydrogens is 863 g/mol. The Balaban J connectivity index is 3.38. The quantitative estimate of drug-likeness (QED) is 0.0321. The summed E-state index contributed by atoms with van der Waals surface area (Å²) < 4.78 is 5.47. The second kappa shape index (κ2) is 59.9. The van der Waals surface area contributed by atoms with E-state index in [1.165, 1.54) is 270 Å². The van der Waals surface area contributed by atoms with Crippen LogP contribution in [0.25, 0.3) is 0 Å². The highest BCUT2D eigenvalue weighted by Crippen LogP contribution is 2.18. The third-order valence-electron chi connectivity index (χ3n) is 14.7. The van der Waals surface area contributed by atoms with Gasteiger partial charge in [-0.1, -0.05) is 282 Å². The predicted molar refractivity (Wildman–Crippen MR) is 306 cm³/mol. The van der Waals surface area contributed by atoms with Crippen LogP contribution in [0.5, 0.6) is 0 Å². The lowest BCUT2D eigenvalue weighted by Crippen LogP contribution is -2.45. The van der Waals surface area contributed by atoms with Gasteiger partial charge in [-0.15, -0.1) is 0 Å². The molecule has 0 aliphatic rings. The van der Waals surface area contributed by atoms with Gasteiger partial charge in [-0.3, -0.25) is 9.59 Å². The van der Waals surface area contributed by atoms with E-state index in [1.54, 1.807) is 0 Å². The average molecular weight is 987 g/mol. The van der Waals surface area contributed by atoms with E-state index >= 15 is 0 Å². The zero-order valence-corrected chi connectivity index (χ0v) is 47.3. The van der Waals surface area contributed by atoms with Gasteiger partial charge in [0.05, 0.1) is 25.4 Å². The number of aliphatic hydroxyl groups is 2. The lowest BCUT2D eigenvalue weighted by molar-refractivity contribution is -0.143. The number of aliphatic hydroxyl groups excluding tert-OH is 2. The van der Waals surface area contributed by atoms with Gasteiger partial charge < -0.3 is 20.3 Å². The van der Waals surface area contributed by atoms with Crippen molar-refractivity contribution in [2.45, 2.75) is 360 Å². The summed E-state index contributed by atoms with van der Waals surface area (Å²) in [7, 11) is 0. The molecule has 0 saturated heterocycles. The fraction of sp³-hybridized carbons (Fsp3) is 0.906. The van der Waals surface area contributed by atoms with Gasteiger partial charge in [0.25, 0.3) is 0 Å². The zero-order chi connectivity index (χ0) is 50.7. The molecule has 0 aromatic carbocycles. The fourth-order valence-corrected chi connectivity index (χ4v) is 9.87. The average Bonchev–Trinajstić information content (AvgIpc) is 3.36. The van der Waals surface area contributed by atoms with E-state index < -0.39 is 12.1 Å². The van der Waals surface area contributed by atoms with Crippen LogP contribution in [-0.4, -0.2) is 47.4 Å². The number of hydrogen-bond donors (Lipinski definition) is 3. The highest BCUT2D eigenvalue weighted by Gasteiger charge is 2.20. The Bertz CT molecular complexity index is 1090. The van der Waals surface area contributed by atoms with Gasteiger partial charge in [0.15, 0.2) is 0 Å². The number of allylic oxidation sites excluding steroid dienone is 4. The van der Waals surface area contributed by atoms with Crippen molar-refractivity contribution in [1.29, 1.82) is 0 Å². The van der Waals surface area contributed by atoms with E-state index in [2.05, 4.69) is 43.5 Å². The minimum absolute atomic E-state index is 0.00522. The molecule has 1 amide bonds. The van der Waals surface area contributed by atoms with Gasteiger partial charge in [0.2, 0.25) is 5.91 Å². The molecule has 0 bridgehead atoms. The van der Waals surface area contributed by atoms with Crippen molar-refractivity contribution in [2.24, 2.45) is 0 Å². The number of unbranched alkanes of at least 4 members (excludes halogenated alkanes) is 44. The smallest absolute Gasteiger partial charge is 0.305 e. The number of carbonyl (C=O) groups excluding carboxylic acids is 2. The largest absolute Gasteiger partial charge is 0.466 e. The van der Waals surface area contributed by atoms with E-state index in [4.69, 9.17) is 4.74 Å². The fourth-order valence-electron chi connectivity index (χ4n) is 9.87. The van der Waals surface area contributed by atoms with Crippen LogP contribution in [0.4, 0.5) is 0 Å². The summed E-state index contributed by atoms with van der Waals surface area (Å²) in [5.41, 5.74) is 0. The third-order valence-corrected chi connectivity index (χ3v) is 14.7. The lowest BCUT2D eigenvalue weighted by Gasteiger charge is -2.22. The molecule has 414 valence electrons. The second-order valence-electron chi connectivity index (χ2n) is 21.7. The van der Waals surface area contributed by atoms with Crippen LogP contribution in [0.15, 0.2) is 24.3 Å². The molecule has 6 nitrogen and oxygen atoms in total. The summed E-state index contributed by atoms with van der Waals surface area (Å²) in [6, 6.07) is -0.541. The Kier molecular flexibility index (Phi) is 58.5. The number of amides is 1. The van der Waals surface area contributed by atoms with Crippen molar-refractivity contribution in [2.75, 3.05) is 13.2 Å². The molecule has 70 heavy (non-hydrogen) atoms. The molecule has 0 aromatic heterocycles. The number of nitrogens with one attached hydrogen (secondary N) is 1. The lowest BCUT2D eigenvalue weighted by atomic mass is 10.0. The van der Waals surface area contributed by atoms with Gasteiger partial charge in [0, 0.05) is 12.8 Å². The van der Waals surface area contributed by atoms with Crippen molar-refractivity contribution in [3.63, 3.8) is 0 Å². The Morgan fingerprint density at radius 1 is 0.386 bits per heavy atom. The minimum atomic E-state index is -0.664. The molecule has 0 rings (SSSR count). The SMILES string of the molecule is CCCCC/C=C\CCCCCCCC(=O)OCCCCCCCCCCCCCC/C=C\CCCCCCCCCCCCCC(=O)NC(CO)C(O)CCCCCCCCCCCCCCCC. The third kappa shape index (κ3) is 55.7. The molecule has 6 heteroatoms.